The molecule has 0 saturated heterocycles. The lowest BCUT2D eigenvalue weighted by atomic mass is 10.1. The van der Waals surface area contributed by atoms with Crippen molar-refractivity contribution in [2.45, 2.75) is 25.3 Å². The summed E-state index contributed by atoms with van der Waals surface area (Å²) in [7, 11) is -4.09. The van der Waals surface area contributed by atoms with E-state index in [0.29, 0.717) is 5.69 Å². The predicted molar refractivity (Wildman–Crippen MR) is 148 cm³/mol. The number of anilines is 2. The van der Waals surface area contributed by atoms with Gasteiger partial charge in [-0.05, 0) is 67.4 Å². The second-order valence-electron chi connectivity index (χ2n) is 8.61. The van der Waals surface area contributed by atoms with Crippen molar-refractivity contribution in [3.05, 3.63) is 118 Å². The second-order valence-corrected chi connectivity index (χ2v) is 10.7. The van der Waals surface area contributed by atoms with Crippen LogP contribution in [0.25, 0.3) is 0 Å². The van der Waals surface area contributed by atoms with Gasteiger partial charge < -0.3 is 10.6 Å². The largest absolute Gasteiger partial charge is 0.348 e. The molecular weight excluding hydrogens is 524 g/mol. The number of sulfonamides is 1. The first-order valence-corrected chi connectivity index (χ1v) is 13.5. The molecule has 0 aliphatic heterocycles. The SMILES string of the molecule is Cc1ccc(NS(=O)(=O)c2cc(C(=O)Nc3ccccc3C(=O)NCc3cccnc3)ccc2Cl)c(C)c1. The van der Waals surface area contributed by atoms with Crippen LogP contribution in [0, 0.1) is 13.8 Å². The summed E-state index contributed by atoms with van der Waals surface area (Å²) in [6.45, 7) is 3.97. The van der Waals surface area contributed by atoms with Crippen molar-refractivity contribution in [1.82, 2.24) is 10.3 Å². The third-order valence-electron chi connectivity index (χ3n) is 5.70. The lowest BCUT2D eigenvalue weighted by Gasteiger charge is -2.14. The van der Waals surface area contributed by atoms with Crippen molar-refractivity contribution in [3.63, 3.8) is 0 Å². The monoisotopic (exact) mass is 548 g/mol. The van der Waals surface area contributed by atoms with Crippen LogP contribution in [0.3, 0.4) is 0 Å². The van der Waals surface area contributed by atoms with Crippen LogP contribution in [0.15, 0.2) is 90.1 Å². The first kappa shape index (κ1) is 26.8. The zero-order chi connectivity index (χ0) is 27.3. The summed E-state index contributed by atoms with van der Waals surface area (Å²) in [5.41, 5.74) is 3.56. The highest BCUT2D eigenvalue weighted by molar-refractivity contribution is 7.92. The first-order chi connectivity index (χ1) is 18.1. The molecular formula is C28H25ClN4O4S. The maximum absolute atomic E-state index is 13.1. The van der Waals surface area contributed by atoms with Gasteiger partial charge in [-0.1, -0.05) is 47.5 Å². The molecule has 194 valence electrons. The van der Waals surface area contributed by atoms with Crippen molar-refractivity contribution >= 4 is 44.8 Å². The van der Waals surface area contributed by atoms with Crippen LogP contribution in [-0.4, -0.2) is 25.2 Å². The quantitative estimate of drug-likeness (QED) is 0.275. The van der Waals surface area contributed by atoms with Crippen LogP contribution in [-0.2, 0) is 16.6 Å². The normalized spacial score (nSPS) is 11.0. The summed E-state index contributed by atoms with van der Waals surface area (Å²) >= 11 is 6.22. The lowest BCUT2D eigenvalue weighted by Crippen LogP contribution is -2.25. The number of nitrogens with one attached hydrogen (secondary N) is 3. The molecule has 10 heteroatoms. The molecule has 8 nitrogen and oxygen atoms in total. The third-order valence-corrected chi connectivity index (χ3v) is 7.55. The van der Waals surface area contributed by atoms with E-state index in [0.717, 1.165) is 16.7 Å². The Morgan fingerprint density at radius 2 is 1.68 bits per heavy atom. The maximum atomic E-state index is 13.1. The van der Waals surface area contributed by atoms with E-state index in [1.54, 1.807) is 61.8 Å². The Kier molecular flexibility index (Phi) is 8.09. The Balaban J connectivity index is 1.54. The van der Waals surface area contributed by atoms with E-state index in [-0.39, 0.29) is 39.2 Å². The number of benzene rings is 3. The van der Waals surface area contributed by atoms with Gasteiger partial charge in [-0.2, -0.15) is 0 Å². The predicted octanol–water partition coefficient (Wildman–Crippen LogP) is 5.33. The van der Waals surface area contributed by atoms with Crippen LogP contribution in [0.1, 0.15) is 37.4 Å². The van der Waals surface area contributed by atoms with Crippen molar-refractivity contribution < 1.29 is 18.0 Å². The molecule has 2 amide bonds. The van der Waals surface area contributed by atoms with E-state index in [9.17, 15) is 18.0 Å². The first-order valence-electron chi connectivity index (χ1n) is 11.6. The highest BCUT2D eigenvalue weighted by Crippen LogP contribution is 2.27. The average molecular weight is 549 g/mol. The number of halogens is 1. The topological polar surface area (TPSA) is 117 Å². The highest BCUT2D eigenvalue weighted by Gasteiger charge is 2.22. The van der Waals surface area contributed by atoms with Crippen molar-refractivity contribution in [2.75, 3.05) is 10.0 Å². The van der Waals surface area contributed by atoms with E-state index in [1.165, 1.54) is 18.2 Å². The molecule has 0 atom stereocenters. The van der Waals surface area contributed by atoms with Crippen molar-refractivity contribution in [3.8, 4) is 0 Å². The smallest absolute Gasteiger partial charge is 0.263 e. The standard InChI is InChI=1S/C28H25ClN4O4S/c1-18-9-12-24(19(2)14-18)33-38(36,37)26-15-21(10-11-23(26)29)27(34)32-25-8-4-3-7-22(25)28(35)31-17-20-6-5-13-30-16-20/h3-16,33H,17H2,1-2H3,(H,31,35)(H,32,34). The number of amides is 2. The number of aryl methyl sites for hydroxylation is 2. The van der Waals surface area contributed by atoms with Gasteiger partial charge in [-0.3, -0.25) is 19.3 Å². The number of carbonyl (C=O) groups is 2. The van der Waals surface area contributed by atoms with Crippen LogP contribution in [0.2, 0.25) is 5.02 Å². The summed E-state index contributed by atoms with van der Waals surface area (Å²) in [6, 6.07) is 19.4. The van der Waals surface area contributed by atoms with E-state index in [2.05, 4.69) is 20.3 Å². The van der Waals surface area contributed by atoms with Crippen LogP contribution in [0.5, 0.6) is 0 Å². The molecule has 4 aromatic rings. The fourth-order valence-electron chi connectivity index (χ4n) is 3.74. The third kappa shape index (κ3) is 6.37. The number of rotatable bonds is 8. The number of nitrogens with zero attached hydrogens (tertiary/aromatic N) is 1. The van der Waals surface area contributed by atoms with Gasteiger partial charge >= 0.3 is 0 Å². The molecule has 0 spiro atoms. The van der Waals surface area contributed by atoms with Gasteiger partial charge in [-0.25, -0.2) is 8.42 Å². The number of hydrogen-bond acceptors (Lipinski definition) is 5. The highest BCUT2D eigenvalue weighted by atomic mass is 35.5. The van der Waals surface area contributed by atoms with Gasteiger partial charge in [0, 0.05) is 24.5 Å². The van der Waals surface area contributed by atoms with Gasteiger partial charge in [-0.15, -0.1) is 0 Å². The fourth-order valence-corrected chi connectivity index (χ4v) is 5.40. The van der Waals surface area contributed by atoms with E-state index in [1.807, 2.05) is 19.1 Å². The molecule has 0 aliphatic carbocycles. The maximum Gasteiger partial charge on any atom is 0.263 e. The molecule has 0 unspecified atom stereocenters. The molecule has 4 rings (SSSR count). The zero-order valence-corrected chi connectivity index (χ0v) is 22.2. The molecule has 3 N–H and O–H groups in total. The van der Waals surface area contributed by atoms with Gasteiger partial charge in [0.05, 0.1) is 22.0 Å². The molecule has 0 fully saturated rings. The summed E-state index contributed by atoms with van der Waals surface area (Å²) < 4.78 is 28.8. The number of hydrogen-bond donors (Lipinski definition) is 3. The molecule has 0 aliphatic rings. The van der Waals surface area contributed by atoms with Gasteiger partial charge in [0.25, 0.3) is 21.8 Å². The van der Waals surface area contributed by atoms with Gasteiger partial charge in [0.15, 0.2) is 0 Å². The minimum absolute atomic E-state index is 0.0333. The zero-order valence-electron chi connectivity index (χ0n) is 20.7. The molecule has 1 heterocycles. The number of aromatic nitrogens is 1. The number of carbonyl (C=O) groups excluding carboxylic acids is 2. The molecule has 3 aromatic carbocycles. The van der Waals surface area contributed by atoms with Crippen molar-refractivity contribution in [2.24, 2.45) is 0 Å². The summed E-state index contributed by atoms with van der Waals surface area (Å²) in [4.78, 5) is 29.7. The Morgan fingerprint density at radius 3 is 2.42 bits per heavy atom. The van der Waals surface area contributed by atoms with Crippen molar-refractivity contribution in [1.29, 1.82) is 0 Å². The Morgan fingerprint density at radius 1 is 0.895 bits per heavy atom. The summed E-state index contributed by atoms with van der Waals surface area (Å²) in [5.74, 6) is -0.987. The van der Waals surface area contributed by atoms with Gasteiger partial charge in [0.1, 0.15) is 4.90 Å². The van der Waals surface area contributed by atoms with E-state index < -0.39 is 15.9 Å². The lowest BCUT2D eigenvalue weighted by molar-refractivity contribution is 0.0951. The Hall–Kier alpha value is -4.21. The van der Waals surface area contributed by atoms with Gasteiger partial charge in [0.2, 0.25) is 0 Å². The van der Waals surface area contributed by atoms with Crippen LogP contribution >= 0.6 is 11.6 Å². The average Bonchev–Trinajstić information content (AvgIpc) is 2.90. The molecule has 0 radical (unpaired) electrons. The molecule has 38 heavy (non-hydrogen) atoms. The van der Waals surface area contributed by atoms with Crippen LogP contribution in [0.4, 0.5) is 11.4 Å². The fraction of sp³-hybridized carbons (Fsp3) is 0.107. The Bertz CT molecular complexity index is 1610. The molecule has 0 bridgehead atoms. The minimum atomic E-state index is -4.09. The summed E-state index contributed by atoms with van der Waals surface area (Å²) in [5, 5.41) is 5.47. The molecule has 1 aromatic heterocycles. The van der Waals surface area contributed by atoms with E-state index in [4.69, 9.17) is 11.6 Å². The summed E-state index contributed by atoms with van der Waals surface area (Å²) in [6.07, 6.45) is 3.29. The van der Waals surface area contributed by atoms with E-state index >= 15 is 0 Å². The minimum Gasteiger partial charge on any atom is -0.348 e. The second kappa shape index (κ2) is 11.5. The number of para-hydroxylation sites is 1. The number of pyridine rings is 1. The van der Waals surface area contributed by atoms with Crippen LogP contribution < -0.4 is 15.4 Å². The Labute approximate surface area is 226 Å². The molecule has 0 saturated carbocycles.